The van der Waals surface area contributed by atoms with Gasteiger partial charge in [-0.3, -0.25) is 0 Å². The number of para-hydroxylation sites is 1. The van der Waals surface area contributed by atoms with Gasteiger partial charge in [0.05, 0.1) is 0 Å². The zero-order valence-electron chi connectivity index (χ0n) is 26.5. The third kappa shape index (κ3) is 4.62. The molecule has 0 atom stereocenters. The molecule has 0 spiro atoms. The summed E-state index contributed by atoms with van der Waals surface area (Å²) < 4.78 is 9.18. The molecule has 0 aliphatic carbocycles. The van der Waals surface area contributed by atoms with E-state index < -0.39 is 0 Å². The molecule has 49 heavy (non-hydrogen) atoms. The maximum absolute atomic E-state index is 6.57. The molecule has 0 saturated carbocycles. The molecule has 8 aromatic carbocycles. The van der Waals surface area contributed by atoms with Crippen molar-refractivity contribution in [3.05, 3.63) is 176 Å². The van der Waals surface area contributed by atoms with Crippen LogP contribution < -0.4 is 4.90 Å². The molecule has 2 nitrogen and oxygen atoms in total. The molecular weight excluding hydrogens is 615 g/mol. The van der Waals surface area contributed by atoms with Crippen molar-refractivity contribution in [2.24, 2.45) is 0 Å². The van der Waals surface area contributed by atoms with Crippen LogP contribution in [-0.4, -0.2) is 0 Å². The van der Waals surface area contributed by atoms with Crippen LogP contribution in [0.3, 0.4) is 0 Å². The van der Waals surface area contributed by atoms with E-state index in [1.165, 1.54) is 47.5 Å². The minimum atomic E-state index is 0.910. The molecule has 0 bridgehead atoms. The standard InChI is InChI=1S/C46H29NOS/c1-2-10-30(11-3-1)31-18-22-34(23-19-31)47(36-26-27-44-41(29-36)38-14-7-9-17-43(38)49-44)35-24-20-32(21-25-35)40-28-33-12-4-5-13-37(33)45-39-15-6-8-16-42(39)48-46(40)45/h1-29H. The molecule has 2 heterocycles. The number of hydrogen-bond acceptors (Lipinski definition) is 3. The summed E-state index contributed by atoms with van der Waals surface area (Å²) in [4.78, 5) is 2.36. The monoisotopic (exact) mass is 643 g/mol. The van der Waals surface area contributed by atoms with Crippen molar-refractivity contribution in [2.75, 3.05) is 4.90 Å². The second-order valence-corrected chi connectivity index (χ2v) is 13.6. The molecule has 2 aromatic heterocycles. The van der Waals surface area contributed by atoms with Gasteiger partial charge in [-0.05, 0) is 88.1 Å². The van der Waals surface area contributed by atoms with Crippen LogP contribution in [0.2, 0.25) is 0 Å². The van der Waals surface area contributed by atoms with E-state index in [-0.39, 0.29) is 0 Å². The molecule has 0 aliphatic rings. The number of rotatable bonds is 5. The van der Waals surface area contributed by atoms with Crippen molar-refractivity contribution < 1.29 is 4.42 Å². The predicted molar refractivity (Wildman–Crippen MR) is 210 cm³/mol. The van der Waals surface area contributed by atoms with Gasteiger partial charge in [0.2, 0.25) is 0 Å². The summed E-state index contributed by atoms with van der Waals surface area (Å²) in [5.74, 6) is 0. The van der Waals surface area contributed by atoms with Crippen molar-refractivity contribution >= 4 is 81.3 Å². The number of hydrogen-bond donors (Lipinski definition) is 0. The van der Waals surface area contributed by atoms with Gasteiger partial charge in [-0.1, -0.05) is 115 Å². The Hall–Kier alpha value is -6.16. The Morgan fingerprint density at radius 1 is 0.408 bits per heavy atom. The van der Waals surface area contributed by atoms with Crippen LogP contribution in [0.5, 0.6) is 0 Å². The van der Waals surface area contributed by atoms with Gasteiger partial charge in [-0.2, -0.15) is 0 Å². The van der Waals surface area contributed by atoms with Gasteiger partial charge in [-0.15, -0.1) is 11.3 Å². The van der Waals surface area contributed by atoms with E-state index in [0.29, 0.717) is 0 Å². The first-order valence-electron chi connectivity index (χ1n) is 16.6. The zero-order valence-corrected chi connectivity index (χ0v) is 27.3. The first-order chi connectivity index (χ1) is 24.3. The Morgan fingerprint density at radius 3 is 1.80 bits per heavy atom. The zero-order chi connectivity index (χ0) is 32.3. The quantitative estimate of drug-likeness (QED) is 0.186. The minimum Gasteiger partial charge on any atom is -0.455 e. The van der Waals surface area contributed by atoms with Crippen LogP contribution in [0.1, 0.15) is 0 Å². The fourth-order valence-electron chi connectivity index (χ4n) is 7.31. The van der Waals surface area contributed by atoms with E-state index in [1.807, 2.05) is 17.4 Å². The molecule has 0 saturated heterocycles. The average Bonchev–Trinajstić information content (AvgIpc) is 3.75. The van der Waals surface area contributed by atoms with E-state index >= 15 is 0 Å². The summed E-state index contributed by atoms with van der Waals surface area (Å²) in [7, 11) is 0. The van der Waals surface area contributed by atoms with E-state index in [2.05, 4.69) is 175 Å². The van der Waals surface area contributed by atoms with Crippen molar-refractivity contribution in [1.82, 2.24) is 0 Å². The molecule has 0 N–H and O–H groups in total. The molecule has 10 rings (SSSR count). The summed E-state index contributed by atoms with van der Waals surface area (Å²) in [6.07, 6.45) is 0. The van der Waals surface area contributed by atoms with Crippen LogP contribution in [0.15, 0.2) is 180 Å². The van der Waals surface area contributed by atoms with Crippen LogP contribution in [0, 0.1) is 0 Å². The Bertz CT molecular complexity index is 2810. The summed E-state index contributed by atoms with van der Waals surface area (Å²) in [5, 5.41) is 7.31. The van der Waals surface area contributed by atoms with E-state index in [1.54, 1.807) is 0 Å². The van der Waals surface area contributed by atoms with Gasteiger partial charge in [0, 0.05) is 53.6 Å². The van der Waals surface area contributed by atoms with E-state index in [4.69, 9.17) is 4.42 Å². The summed E-state index contributed by atoms with van der Waals surface area (Å²) in [6.45, 7) is 0. The molecule has 0 unspecified atom stereocenters. The molecule has 230 valence electrons. The lowest BCUT2D eigenvalue weighted by Crippen LogP contribution is -2.09. The Labute approximate surface area is 287 Å². The highest BCUT2D eigenvalue weighted by molar-refractivity contribution is 7.25. The van der Waals surface area contributed by atoms with Gasteiger partial charge >= 0.3 is 0 Å². The smallest absolute Gasteiger partial charge is 0.143 e. The Balaban J connectivity index is 1.13. The number of furan rings is 1. The number of thiophene rings is 1. The summed E-state index contributed by atoms with van der Waals surface area (Å²) in [6, 6.07) is 63.2. The Morgan fingerprint density at radius 2 is 1.00 bits per heavy atom. The lowest BCUT2D eigenvalue weighted by atomic mass is 9.96. The SMILES string of the molecule is c1ccc(-c2ccc(N(c3ccc(-c4cc5ccccc5c5c4oc4ccccc45)cc3)c3ccc4sc5ccccc5c4c3)cc2)cc1. The molecule has 10 aromatic rings. The van der Waals surface area contributed by atoms with Gasteiger partial charge in [0.1, 0.15) is 11.2 Å². The lowest BCUT2D eigenvalue weighted by Gasteiger charge is -2.26. The largest absolute Gasteiger partial charge is 0.455 e. The second kappa shape index (κ2) is 11.2. The highest BCUT2D eigenvalue weighted by Gasteiger charge is 2.18. The maximum atomic E-state index is 6.57. The van der Waals surface area contributed by atoms with E-state index in [0.717, 1.165) is 44.7 Å². The molecular formula is C46H29NOS. The van der Waals surface area contributed by atoms with Crippen molar-refractivity contribution in [3.63, 3.8) is 0 Å². The fraction of sp³-hybridized carbons (Fsp3) is 0. The van der Waals surface area contributed by atoms with Crippen molar-refractivity contribution in [3.8, 4) is 22.3 Å². The highest BCUT2D eigenvalue weighted by atomic mass is 32.1. The highest BCUT2D eigenvalue weighted by Crippen LogP contribution is 2.44. The van der Waals surface area contributed by atoms with Gasteiger partial charge in [-0.25, -0.2) is 0 Å². The number of anilines is 3. The van der Waals surface area contributed by atoms with Crippen LogP contribution in [0.25, 0.3) is 75.1 Å². The molecule has 3 heteroatoms. The van der Waals surface area contributed by atoms with Crippen LogP contribution in [-0.2, 0) is 0 Å². The normalized spacial score (nSPS) is 11.7. The molecule has 0 radical (unpaired) electrons. The van der Waals surface area contributed by atoms with Gasteiger partial charge < -0.3 is 9.32 Å². The van der Waals surface area contributed by atoms with Crippen molar-refractivity contribution in [2.45, 2.75) is 0 Å². The maximum Gasteiger partial charge on any atom is 0.143 e. The molecule has 0 fully saturated rings. The molecule has 0 aliphatic heterocycles. The lowest BCUT2D eigenvalue weighted by molar-refractivity contribution is 0.670. The number of benzene rings is 8. The van der Waals surface area contributed by atoms with Crippen molar-refractivity contribution in [1.29, 1.82) is 0 Å². The third-order valence-corrected chi connectivity index (χ3v) is 10.8. The second-order valence-electron chi connectivity index (χ2n) is 12.5. The molecule has 0 amide bonds. The van der Waals surface area contributed by atoms with Gasteiger partial charge in [0.25, 0.3) is 0 Å². The number of nitrogens with zero attached hydrogens (tertiary/aromatic N) is 1. The number of fused-ring (bicyclic) bond motifs is 8. The minimum absolute atomic E-state index is 0.910. The van der Waals surface area contributed by atoms with Gasteiger partial charge in [0.15, 0.2) is 0 Å². The first-order valence-corrected chi connectivity index (χ1v) is 17.4. The van der Waals surface area contributed by atoms with Crippen LogP contribution >= 0.6 is 11.3 Å². The topological polar surface area (TPSA) is 16.4 Å². The first kappa shape index (κ1) is 27.9. The van der Waals surface area contributed by atoms with E-state index in [9.17, 15) is 0 Å². The summed E-state index contributed by atoms with van der Waals surface area (Å²) in [5.41, 5.74) is 9.80. The Kier molecular flexibility index (Phi) is 6.39. The third-order valence-electron chi connectivity index (χ3n) is 9.66. The fourth-order valence-corrected chi connectivity index (χ4v) is 8.40. The summed E-state index contributed by atoms with van der Waals surface area (Å²) >= 11 is 1.85. The average molecular weight is 644 g/mol. The van der Waals surface area contributed by atoms with Crippen LogP contribution in [0.4, 0.5) is 17.1 Å². The predicted octanol–water partition coefficient (Wildman–Crippen LogP) is 13.9.